The largest absolute Gasteiger partial charge is 0.476 e. The van der Waals surface area contributed by atoms with Crippen LogP contribution >= 0.6 is 0 Å². The number of carboxylic acids is 1. The van der Waals surface area contributed by atoms with Crippen LogP contribution in [0.3, 0.4) is 0 Å². The molecule has 0 spiro atoms. The molecule has 4 rings (SSSR count). The van der Waals surface area contributed by atoms with Crippen LogP contribution in [0.15, 0.2) is 41.5 Å². The zero-order valence-corrected chi connectivity index (χ0v) is 13.7. The molecule has 3 aromatic heterocycles. The van der Waals surface area contributed by atoms with Gasteiger partial charge < -0.3 is 14.7 Å². The van der Waals surface area contributed by atoms with E-state index in [2.05, 4.69) is 9.97 Å². The molecule has 0 atom stereocenters. The summed E-state index contributed by atoms with van der Waals surface area (Å²) in [6, 6.07) is 5.25. The number of imidazole rings is 1. The fraction of sp³-hybridized carbons (Fsp3) is 0.118. The number of aromatic nitrogens is 4. The average molecular weight is 376 g/mol. The van der Waals surface area contributed by atoms with E-state index in [9.17, 15) is 27.9 Å². The van der Waals surface area contributed by atoms with Gasteiger partial charge in [0, 0.05) is 12.4 Å². The van der Waals surface area contributed by atoms with Crippen molar-refractivity contribution >= 4 is 22.6 Å². The molecule has 0 saturated heterocycles. The van der Waals surface area contributed by atoms with Gasteiger partial charge in [0.15, 0.2) is 5.69 Å². The Morgan fingerprint density at radius 1 is 1.22 bits per heavy atom. The summed E-state index contributed by atoms with van der Waals surface area (Å²) >= 11 is 0. The van der Waals surface area contributed by atoms with Gasteiger partial charge in [0.2, 0.25) is 5.65 Å². The number of carbonyl (C=O) groups is 1. The molecule has 0 saturated carbocycles. The summed E-state index contributed by atoms with van der Waals surface area (Å²) in [4.78, 5) is 29.7. The lowest BCUT2D eigenvalue weighted by Crippen LogP contribution is -2.15. The van der Waals surface area contributed by atoms with Crippen molar-refractivity contribution in [2.75, 3.05) is 0 Å². The molecule has 0 amide bonds. The Morgan fingerprint density at radius 3 is 2.48 bits per heavy atom. The van der Waals surface area contributed by atoms with E-state index in [0.717, 1.165) is 6.07 Å². The van der Waals surface area contributed by atoms with Gasteiger partial charge in [0.25, 0.3) is 5.56 Å². The molecule has 27 heavy (non-hydrogen) atoms. The van der Waals surface area contributed by atoms with E-state index in [1.165, 1.54) is 34.4 Å². The molecule has 0 aliphatic heterocycles. The van der Waals surface area contributed by atoms with Gasteiger partial charge in [-0.2, -0.15) is 13.2 Å². The molecule has 2 N–H and O–H groups in total. The fourth-order valence-corrected chi connectivity index (χ4v) is 3.13. The third kappa shape index (κ3) is 2.48. The van der Waals surface area contributed by atoms with Crippen molar-refractivity contribution in [3.63, 3.8) is 0 Å². The van der Waals surface area contributed by atoms with Crippen LogP contribution < -0.4 is 5.56 Å². The van der Waals surface area contributed by atoms with Crippen LogP contribution in [0, 0.1) is 6.92 Å². The Kier molecular flexibility index (Phi) is 3.42. The summed E-state index contributed by atoms with van der Waals surface area (Å²) in [6.45, 7) is 1.44. The minimum atomic E-state index is -4.66. The minimum absolute atomic E-state index is 0.0758. The van der Waals surface area contributed by atoms with Crippen LogP contribution in [0.5, 0.6) is 0 Å². The van der Waals surface area contributed by atoms with Crippen molar-refractivity contribution in [2.24, 2.45) is 0 Å². The monoisotopic (exact) mass is 376 g/mol. The molecule has 7 nitrogen and oxygen atoms in total. The van der Waals surface area contributed by atoms with E-state index >= 15 is 0 Å². The van der Waals surface area contributed by atoms with Gasteiger partial charge in [-0.3, -0.25) is 9.20 Å². The molecule has 0 aliphatic carbocycles. The number of alkyl halides is 3. The lowest BCUT2D eigenvalue weighted by Gasteiger charge is -2.16. The molecule has 10 heteroatoms. The second-order valence-electron chi connectivity index (χ2n) is 5.94. The number of aromatic carboxylic acids is 1. The number of rotatable bonds is 2. The number of nitrogens with one attached hydrogen (secondary N) is 1. The summed E-state index contributed by atoms with van der Waals surface area (Å²) in [5.41, 5.74) is -2.12. The predicted molar refractivity (Wildman–Crippen MR) is 89.3 cm³/mol. The molecule has 3 heterocycles. The number of aromatic amines is 1. The number of hydrogen-bond acceptors (Lipinski definition) is 3. The zero-order valence-electron chi connectivity index (χ0n) is 13.7. The maximum Gasteiger partial charge on any atom is 0.418 e. The summed E-state index contributed by atoms with van der Waals surface area (Å²) in [5, 5.41) is 9.24. The Balaban J connectivity index is 2.20. The molecule has 0 aliphatic rings. The number of hydrogen-bond donors (Lipinski definition) is 2. The SMILES string of the molecule is Cc1c(C(=O)O)nc2c(=O)[nH]c3cc(C(F)(F)F)c(-n4cccc4)cc3n12. The van der Waals surface area contributed by atoms with E-state index in [4.69, 9.17) is 0 Å². The van der Waals surface area contributed by atoms with Crippen molar-refractivity contribution in [2.45, 2.75) is 13.1 Å². The molecule has 0 bridgehead atoms. The molecule has 0 fully saturated rings. The molecular formula is C17H11F3N4O3. The quantitative estimate of drug-likeness (QED) is 0.563. The van der Waals surface area contributed by atoms with Gasteiger partial charge >= 0.3 is 12.1 Å². The number of carboxylic acid groups (broad SMARTS) is 1. The standard InChI is InChI=1S/C17H11F3N4O3/c1-8-13(16(26)27)22-14-15(25)21-10-6-9(17(18,19)20)11(7-12(10)24(8)14)23-4-2-3-5-23/h2-7H,1H3,(H,21,25)(H,26,27). The topological polar surface area (TPSA) is 92.4 Å². The highest BCUT2D eigenvalue weighted by Gasteiger charge is 2.35. The number of fused-ring (bicyclic) bond motifs is 3. The van der Waals surface area contributed by atoms with Crippen molar-refractivity contribution < 1.29 is 23.1 Å². The van der Waals surface area contributed by atoms with E-state index in [0.29, 0.717) is 0 Å². The number of benzene rings is 1. The van der Waals surface area contributed by atoms with Gasteiger partial charge in [-0.05, 0) is 31.2 Å². The van der Waals surface area contributed by atoms with Crippen molar-refractivity contribution in [1.82, 2.24) is 18.9 Å². The third-order valence-electron chi connectivity index (χ3n) is 4.30. The maximum atomic E-state index is 13.6. The van der Waals surface area contributed by atoms with Gasteiger partial charge in [0.1, 0.15) is 0 Å². The highest BCUT2D eigenvalue weighted by atomic mass is 19.4. The van der Waals surface area contributed by atoms with Crippen LogP contribution in [0.2, 0.25) is 0 Å². The van der Waals surface area contributed by atoms with E-state index in [-0.39, 0.29) is 33.8 Å². The van der Waals surface area contributed by atoms with E-state index in [1.54, 1.807) is 12.1 Å². The van der Waals surface area contributed by atoms with Crippen molar-refractivity contribution in [3.8, 4) is 5.69 Å². The van der Waals surface area contributed by atoms with Crippen molar-refractivity contribution in [1.29, 1.82) is 0 Å². The van der Waals surface area contributed by atoms with E-state index < -0.39 is 23.3 Å². The first-order valence-corrected chi connectivity index (χ1v) is 7.71. The van der Waals surface area contributed by atoms with Crippen LogP contribution in [-0.2, 0) is 6.18 Å². The summed E-state index contributed by atoms with van der Waals surface area (Å²) < 4.78 is 43.3. The second kappa shape index (κ2) is 5.47. The number of H-pyrrole nitrogens is 1. The number of halogens is 3. The lowest BCUT2D eigenvalue weighted by molar-refractivity contribution is -0.137. The van der Waals surface area contributed by atoms with Crippen LogP contribution in [0.1, 0.15) is 21.7 Å². The Labute approximate surface area is 148 Å². The summed E-state index contributed by atoms with van der Waals surface area (Å²) in [7, 11) is 0. The number of nitrogens with zero attached hydrogens (tertiary/aromatic N) is 3. The maximum absolute atomic E-state index is 13.6. The predicted octanol–water partition coefficient (Wildman–Crippen LogP) is 2.99. The first-order valence-electron chi connectivity index (χ1n) is 7.71. The highest BCUT2D eigenvalue weighted by molar-refractivity contribution is 5.90. The Morgan fingerprint density at radius 2 is 1.89 bits per heavy atom. The molecule has 4 aromatic rings. The Hall–Kier alpha value is -3.56. The second-order valence-corrected chi connectivity index (χ2v) is 5.94. The average Bonchev–Trinajstić information content (AvgIpc) is 3.21. The van der Waals surface area contributed by atoms with Gasteiger partial charge in [-0.25, -0.2) is 9.78 Å². The molecular weight excluding hydrogens is 365 g/mol. The van der Waals surface area contributed by atoms with Gasteiger partial charge in [0.05, 0.1) is 28.0 Å². The van der Waals surface area contributed by atoms with Gasteiger partial charge in [-0.15, -0.1) is 0 Å². The fourth-order valence-electron chi connectivity index (χ4n) is 3.13. The molecule has 138 valence electrons. The Bertz CT molecular complexity index is 1270. The normalized spacial score (nSPS) is 12.1. The minimum Gasteiger partial charge on any atom is -0.476 e. The molecule has 0 unspecified atom stereocenters. The molecule has 0 radical (unpaired) electrons. The summed E-state index contributed by atoms with van der Waals surface area (Å²) in [5.74, 6) is -1.33. The summed E-state index contributed by atoms with van der Waals surface area (Å²) in [6.07, 6.45) is -1.73. The van der Waals surface area contributed by atoms with E-state index in [1.807, 2.05) is 0 Å². The van der Waals surface area contributed by atoms with Gasteiger partial charge in [-0.1, -0.05) is 0 Å². The highest BCUT2D eigenvalue weighted by Crippen LogP contribution is 2.36. The first kappa shape index (κ1) is 16.9. The van der Waals surface area contributed by atoms with Crippen LogP contribution in [0.25, 0.3) is 22.4 Å². The third-order valence-corrected chi connectivity index (χ3v) is 4.30. The smallest absolute Gasteiger partial charge is 0.418 e. The lowest BCUT2D eigenvalue weighted by atomic mass is 10.1. The molecule has 1 aromatic carbocycles. The van der Waals surface area contributed by atoms with Crippen LogP contribution in [0.4, 0.5) is 13.2 Å². The van der Waals surface area contributed by atoms with Crippen LogP contribution in [-0.4, -0.2) is 30.0 Å². The zero-order chi connectivity index (χ0) is 19.5. The first-order chi connectivity index (χ1) is 12.7. The van der Waals surface area contributed by atoms with Crippen molar-refractivity contribution in [3.05, 3.63) is 64.0 Å². The number of aryl methyl sites for hydroxylation is 1.